The highest BCUT2D eigenvalue weighted by Crippen LogP contribution is 2.41. The zero-order valence-electron chi connectivity index (χ0n) is 29.0. The molecule has 11 rings (SSSR count). The minimum atomic E-state index is -0.0735. The first-order chi connectivity index (χ1) is 26.7. The zero-order chi connectivity index (χ0) is 35.8. The molecule has 0 aliphatic heterocycles. The third kappa shape index (κ3) is 4.49. The molecular weight excluding hydrogens is 661 g/mol. The fourth-order valence-electron chi connectivity index (χ4n) is 8.31. The summed E-state index contributed by atoms with van der Waals surface area (Å²) in [5.41, 5.74) is 8.29. The summed E-state index contributed by atoms with van der Waals surface area (Å²) >= 11 is 0. The Bertz CT molecular complexity index is 3350. The van der Waals surface area contributed by atoms with E-state index in [4.69, 9.17) is 9.97 Å². The number of benzene rings is 8. The number of hydrogen-bond acceptors (Lipinski definition) is 3. The van der Waals surface area contributed by atoms with E-state index in [9.17, 15) is 0 Å². The SMILES string of the molecule is O=c1c2cc3ccccc3cc2c2ccc3c4ccccc4n(-c4nc(-c5ccccc5-c5ccccc5)c5ccccc5n4)c3c2n1-c1ccccc1. The van der Waals surface area contributed by atoms with E-state index in [-0.39, 0.29) is 5.56 Å². The molecule has 0 aliphatic rings. The van der Waals surface area contributed by atoms with Gasteiger partial charge in [0.15, 0.2) is 0 Å². The predicted molar refractivity (Wildman–Crippen MR) is 223 cm³/mol. The first kappa shape index (κ1) is 30.3. The van der Waals surface area contributed by atoms with E-state index in [1.807, 2.05) is 71.3 Å². The molecule has 11 aromatic rings. The van der Waals surface area contributed by atoms with Crippen molar-refractivity contribution in [2.75, 3.05) is 0 Å². The van der Waals surface area contributed by atoms with Crippen LogP contribution in [0.15, 0.2) is 187 Å². The van der Waals surface area contributed by atoms with Crippen molar-refractivity contribution in [3.05, 3.63) is 192 Å². The van der Waals surface area contributed by atoms with Crippen LogP contribution in [0.2, 0.25) is 0 Å². The summed E-state index contributed by atoms with van der Waals surface area (Å²) in [4.78, 5) is 25.8. The van der Waals surface area contributed by atoms with Gasteiger partial charge in [-0.3, -0.25) is 13.9 Å². The molecule has 0 spiro atoms. The van der Waals surface area contributed by atoms with Crippen molar-refractivity contribution in [3.8, 4) is 34.0 Å². The van der Waals surface area contributed by atoms with E-state index >= 15 is 4.79 Å². The average Bonchev–Trinajstić information content (AvgIpc) is 3.58. The molecule has 0 saturated carbocycles. The lowest BCUT2D eigenvalue weighted by Crippen LogP contribution is -2.20. The van der Waals surface area contributed by atoms with Gasteiger partial charge in [-0.25, -0.2) is 9.97 Å². The molecule has 252 valence electrons. The number of fused-ring (bicyclic) bond motifs is 9. The lowest BCUT2D eigenvalue weighted by Gasteiger charge is -2.18. The molecule has 0 saturated heterocycles. The monoisotopic (exact) mass is 690 g/mol. The number of nitrogens with zero attached hydrogens (tertiary/aromatic N) is 4. The van der Waals surface area contributed by atoms with Crippen molar-refractivity contribution in [2.45, 2.75) is 0 Å². The van der Waals surface area contributed by atoms with Crippen LogP contribution in [-0.4, -0.2) is 19.1 Å². The number of rotatable bonds is 4. The minimum Gasteiger partial charge on any atom is -0.276 e. The number of pyridine rings is 1. The minimum absolute atomic E-state index is 0.0735. The summed E-state index contributed by atoms with van der Waals surface area (Å²) in [7, 11) is 0. The van der Waals surface area contributed by atoms with Crippen molar-refractivity contribution in [2.24, 2.45) is 0 Å². The van der Waals surface area contributed by atoms with Gasteiger partial charge in [0, 0.05) is 38.2 Å². The summed E-state index contributed by atoms with van der Waals surface area (Å²) in [6.45, 7) is 0. The van der Waals surface area contributed by atoms with Crippen LogP contribution >= 0.6 is 0 Å². The van der Waals surface area contributed by atoms with Crippen LogP contribution in [0.3, 0.4) is 0 Å². The van der Waals surface area contributed by atoms with Crippen LogP contribution in [0.4, 0.5) is 0 Å². The summed E-state index contributed by atoms with van der Waals surface area (Å²) < 4.78 is 4.05. The molecule has 0 aliphatic carbocycles. The Morgan fingerprint density at radius 3 is 1.76 bits per heavy atom. The van der Waals surface area contributed by atoms with E-state index in [0.29, 0.717) is 11.3 Å². The van der Waals surface area contributed by atoms with Crippen LogP contribution in [0.25, 0.3) is 99.2 Å². The summed E-state index contributed by atoms with van der Waals surface area (Å²) in [5, 5.41) is 7.73. The van der Waals surface area contributed by atoms with E-state index in [1.165, 1.54) is 0 Å². The third-order valence-electron chi connectivity index (χ3n) is 10.7. The first-order valence-corrected chi connectivity index (χ1v) is 18.1. The summed E-state index contributed by atoms with van der Waals surface area (Å²) in [6.07, 6.45) is 0. The zero-order valence-corrected chi connectivity index (χ0v) is 29.0. The van der Waals surface area contributed by atoms with Crippen molar-refractivity contribution in [1.82, 2.24) is 19.1 Å². The van der Waals surface area contributed by atoms with Crippen molar-refractivity contribution < 1.29 is 0 Å². The van der Waals surface area contributed by atoms with E-state index in [1.54, 1.807) is 0 Å². The maximum absolute atomic E-state index is 15.0. The predicted octanol–water partition coefficient (Wildman–Crippen LogP) is 11.7. The van der Waals surface area contributed by atoms with Crippen LogP contribution in [0.5, 0.6) is 0 Å². The molecule has 0 bridgehead atoms. The standard InChI is InChI=1S/C49H30N4O/c54-48-42-30-33-18-8-7-17-32(33)29-41(42)39-28-27-38-36-22-12-14-26-44(36)53(47(38)46(39)52(48)34-19-5-2-6-20-34)49-50-43-25-13-11-24-40(43)45(51-49)37-23-10-9-21-35(37)31-15-3-1-4-16-31/h1-30H. The Morgan fingerprint density at radius 1 is 0.407 bits per heavy atom. The molecule has 0 N–H and O–H groups in total. The second-order valence-corrected chi connectivity index (χ2v) is 13.7. The van der Waals surface area contributed by atoms with Crippen LogP contribution in [-0.2, 0) is 0 Å². The van der Waals surface area contributed by atoms with Gasteiger partial charge in [0.1, 0.15) is 0 Å². The molecule has 3 aromatic heterocycles. The van der Waals surface area contributed by atoms with Gasteiger partial charge in [-0.1, -0.05) is 146 Å². The summed E-state index contributed by atoms with van der Waals surface area (Å²) in [5.74, 6) is 0.538. The maximum atomic E-state index is 15.0. The van der Waals surface area contributed by atoms with Crippen molar-refractivity contribution in [3.63, 3.8) is 0 Å². The Labute approximate surface area is 309 Å². The molecule has 54 heavy (non-hydrogen) atoms. The molecule has 3 heterocycles. The fourth-order valence-corrected chi connectivity index (χ4v) is 8.31. The van der Waals surface area contributed by atoms with Gasteiger partial charge in [0.2, 0.25) is 5.95 Å². The topological polar surface area (TPSA) is 52.7 Å². The Balaban J connectivity index is 1.33. The van der Waals surface area contributed by atoms with Gasteiger partial charge in [-0.2, -0.15) is 0 Å². The Hall–Kier alpha value is -7.37. The lowest BCUT2D eigenvalue weighted by molar-refractivity contribution is 1.00. The molecular formula is C49H30N4O. The number of aromatic nitrogens is 4. The largest absolute Gasteiger partial charge is 0.276 e. The molecule has 0 atom stereocenters. The van der Waals surface area contributed by atoms with Crippen LogP contribution < -0.4 is 5.56 Å². The van der Waals surface area contributed by atoms with Gasteiger partial charge in [-0.05, 0) is 63.7 Å². The van der Waals surface area contributed by atoms with Gasteiger partial charge in [-0.15, -0.1) is 0 Å². The van der Waals surface area contributed by atoms with Crippen LogP contribution in [0, 0.1) is 0 Å². The Kier molecular flexibility index (Phi) is 6.64. The molecule has 5 nitrogen and oxygen atoms in total. The van der Waals surface area contributed by atoms with Gasteiger partial charge in [0.05, 0.1) is 27.8 Å². The van der Waals surface area contributed by atoms with E-state index in [2.05, 4.69) is 120 Å². The van der Waals surface area contributed by atoms with E-state index < -0.39 is 0 Å². The normalized spacial score (nSPS) is 11.8. The third-order valence-corrected chi connectivity index (χ3v) is 10.7. The van der Waals surface area contributed by atoms with Gasteiger partial charge >= 0.3 is 0 Å². The molecule has 0 unspecified atom stereocenters. The quantitative estimate of drug-likeness (QED) is 0.136. The highest BCUT2D eigenvalue weighted by Gasteiger charge is 2.24. The highest BCUT2D eigenvalue weighted by molar-refractivity contribution is 6.23. The molecule has 0 amide bonds. The first-order valence-electron chi connectivity index (χ1n) is 18.1. The molecule has 8 aromatic carbocycles. The molecule has 0 radical (unpaired) electrons. The number of hydrogen-bond donors (Lipinski definition) is 0. The molecule has 0 fully saturated rings. The maximum Gasteiger partial charge on any atom is 0.263 e. The smallest absolute Gasteiger partial charge is 0.263 e. The van der Waals surface area contributed by atoms with Gasteiger partial charge < -0.3 is 0 Å². The highest BCUT2D eigenvalue weighted by atomic mass is 16.1. The average molecular weight is 691 g/mol. The van der Waals surface area contributed by atoms with Gasteiger partial charge in [0.25, 0.3) is 5.56 Å². The summed E-state index contributed by atoms with van der Waals surface area (Å²) in [6, 6.07) is 62.3. The second kappa shape index (κ2) is 11.8. The Morgan fingerprint density at radius 2 is 0.981 bits per heavy atom. The number of para-hydroxylation sites is 3. The van der Waals surface area contributed by atoms with Crippen LogP contribution in [0.1, 0.15) is 0 Å². The molecule has 5 heteroatoms. The van der Waals surface area contributed by atoms with Crippen molar-refractivity contribution >= 4 is 65.2 Å². The fraction of sp³-hybridized carbons (Fsp3) is 0. The van der Waals surface area contributed by atoms with E-state index in [0.717, 1.165) is 87.8 Å². The van der Waals surface area contributed by atoms with Crippen molar-refractivity contribution in [1.29, 1.82) is 0 Å². The second-order valence-electron chi connectivity index (χ2n) is 13.7. The lowest BCUT2D eigenvalue weighted by atomic mass is 9.96.